The zero-order valence-corrected chi connectivity index (χ0v) is 9.72. The molecule has 0 amide bonds. The number of hydrogen-bond acceptors (Lipinski definition) is 1. The van der Waals surface area contributed by atoms with Crippen molar-refractivity contribution in [3.05, 3.63) is 12.7 Å². The van der Waals surface area contributed by atoms with Crippen LogP contribution in [0.25, 0.3) is 0 Å². The number of allylic oxidation sites excluding steroid dienone is 1. The summed E-state index contributed by atoms with van der Waals surface area (Å²) in [5.74, 6) is 0.951. The third kappa shape index (κ3) is 9.50. The summed E-state index contributed by atoms with van der Waals surface area (Å²) in [4.78, 5) is 11.3. The van der Waals surface area contributed by atoms with Crippen LogP contribution in [-0.4, -0.2) is 5.78 Å². The molecule has 0 aromatic carbocycles. The van der Waals surface area contributed by atoms with Gasteiger partial charge in [0.2, 0.25) is 0 Å². The summed E-state index contributed by atoms with van der Waals surface area (Å²) in [6.45, 7) is 7.88. The molecule has 0 spiro atoms. The molecule has 0 aliphatic rings. The molecule has 82 valence electrons. The van der Waals surface area contributed by atoms with Crippen LogP contribution in [0, 0.1) is 5.92 Å². The van der Waals surface area contributed by atoms with Crippen molar-refractivity contribution in [3.8, 4) is 0 Å². The number of ketones is 1. The maximum Gasteiger partial charge on any atom is 0.133 e. The van der Waals surface area contributed by atoms with Gasteiger partial charge in [0.15, 0.2) is 0 Å². The lowest BCUT2D eigenvalue weighted by molar-refractivity contribution is -0.119. The molecule has 0 atom stereocenters. The lowest BCUT2D eigenvalue weighted by Gasteiger charge is -2.03. The second-order valence-electron chi connectivity index (χ2n) is 4.38. The van der Waals surface area contributed by atoms with E-state index in [0.29, 0.717) is 11.7 Å². The van der Waals surface area contributed by atoms with Gasteiger partial charge in [-0.3, -0.25) is 4.79 Å². The van der Waals surface area contributed by atoms with Gasteiger partial charge in [-0.1, -0.05) is 32.8 Å². The van der Waals surface area contributed by atoms with Crippen LogP contribution in [0.4, 0.5) is 0 Å². The first-order valence-electron chi connectivity index (χ1n) is 5.79. The molecule has 0 aromatic heterocycles. The molecule has 0 rings (SSSR count). The van der Waals surface area contributed by atoms with Gasteiger partial charge < -0.3 is 0 Å². The number of carbonyl (C=O) groups excluding carboxylic acids is 1. The molecule has 0 heterocycles. The molecule has 0 saturated heterocycles. The first-order valence-corrected chi connectivity index (χ1v) is 5.79. The molecule has 0 N–H and O–H groups in total. The average Bonchev–Trinajstić information content (AvgIpc) is 2.10. The minimum Gasteiger partial charge on any atom is -0.300 e. The second kappa shape index (κ2) is 8.98. The van der Waals surface area contributed by atoms with Crippen molar-refractivity contribution in [1.29, 1.82) is 0 Å². The zero-order chi connectivity index (χ0) is 10.8. The van der Waals surface area contributed by atoms with E-state index in [4.69, 9.17) is 0 Å². The Morgan fingerprint density at radius 3 is 2.43 bits per heavy atom. The Kier molecular flexibility index (Phi) is 8.61. The van der Waals surface area contributed by atoms with E-state index in [1.807, 2.05) is 6.08 Å². The van der Waals surface area contributed by atoms with Crippen molar-refractivity contribution in [2.45, 2.75) is 58.8 Å². The molecule has 0 aromatic rings. The highest BCUT2D eigenvalue weighted by Gasteiger charge is 2.03. The number of Topliss-reactive ketones (excluding diaryl/α,β-unsaturated/α-hetero) is 1. The molecule has 0 aliphatic carbocycles. The van der Waals surface area contributed by atoms with E-state index in [9.17, 15) is 4.79 Å². The van der Waals surface area contributed by atoms with Crippen LogP contribution in [0.1, 0.15) is 58.8 Å². The highest BCUT2D eigenvalue weighted by atomic mass is 16.1. The normalized spacial score (nSPS) is 10.5. The van der Waals surface area contributed by atoms with Crippen molar-refractivity contribution < 1.29 is 4.79 Å². The van der Waals surface area contributed by atoms with Crippen LogP contribution >= 0.6 is 0 Å². The predicted molar refractivity (Wildman–Crippen MR) is 62.4 cm³/mol. The summed E-state index contributed by atoms with van der Waals surface area (Å²) in [5.41, 5.74) is 0. The Hall–Kier alpha value is -0.590. The summed E-state index contributed by atoms with van der Waals surface area (Å²) in [6, 6.07) is 0. The lowest BCUT2D eigenvalue weighted by atomic mass is 10.0. The maximum absolute atomic E-state index is 11.3. The standard InChI is InChI=1S/C13H24O/c1-4-5-6-7-8-9-10-13(14)11-12(2)3/h4,12H,1,5-11H2,2-3H3. The molecular weight excluding hydrogens is 172 g/mol. The van der Waals surface area contributed by atoms with Crippen molar-refractivity contribution in [1.82, 2.24) is 0 Å². The molecule has 14 heavy (non-hydrogen) atoms. The van der Waals surface area contributed by atoms with Gasteiger partial charge >= 0.3 is 0 Å². The Morgan fingerprint density at radius 1 is 1.21 bits per heavy atom. The summed E-state index contributed by atoms with van der Waals surface area (Å²) < 4.78 is 0. The number of hydrogen-bond donors (Lipinski definition) is 0. The van der Waals surface area contributed by atoms with Gasteiger partial charge in [0.05, 0.1) is 0 Å². The third-order valence-corrected chi connectivity index (χ3v) is 2.25. The molecule has 1 nitrogen and oxygen atoms in total. The van der Waals surface area contributed by atoms with Crippen LogP contribution in [0.2, 0.25) is 0 Å². The molecule has 0 saturated carbocycles. The molecule has 0 fully saturated rings. The molecular formula is C13H24O. The molecule has 0 radical (unpaired) electrons. The van der Waals surface area contributed by atoms with Crippen LogP contribution < -0.4 is 0 Å². The lowest BCUT2D eigenvalue weighted by Crippen LogP contribution is -2.02. The third-order valence-electron chi connectivity index (χ3n) is 2.25. The second-order valence-corrected chi connectivity index (χ2v) is 4.38. The Morgan fingerprint density at radius 2 is 1.86 bits per heavy atom. The first kappa shape index (κ1) is 13.4. The molecule has 0 unspecified atom stereocenters. The largest absolute Gasteiger partial charge is 0.300 e. The molecule has 0 aliphatic heterocycles. The monoisotopic (exact) mass is 196 g/mol. The smallest absolute Gasteiger partial charge is 0.133 e. The van der Waals surface area contributed by atoms with Crippen LogP contribution in [0.15, 0.2) is 12.7 Å². The van der Waals surface area contributed by atoms with Crippen molar-refractivity contribution in [2.75, 3.05) is 0 Å². The first-order chi connectivity index (χ1) is 6.66. The Balaban J connectivity index is 3.19. The molecule has 1 heteroatoms. The van der Waals surface area contributed by atoms with E-state index in [0.717, 1.165) is 25.7 Å². The van der Waals surface area contributed by atoms with Gasteiger partial charge in [0, 0.05) is 12.8 Å². The minimum absolute atomic E-state index is 0.434. The van der Waals surface area contributed by atoms with Gasteiger partial charge in [-0.05, 0) is 25.2 Å². The fourth-order valence-electron chi connectivity index (χ4n) is 1.52. The maximum atomic E-state index is 11.3. The van der Waals surface area contributed by atoms with E-state index < -0.39 is 0 Å². The molecule has 0 bridgehead atoms. The predicted octanol–water partition coefficient (Wildman–Crippen LogP) is 4.13. The fraction of sp³-hybridized carbons (Fsp3) is 0.769. The summed E-state index contributed by atoms with van der Waals surface area (Å²) in [6.07, 6.45) is 9.34. The van der Waals surface area contributed by atoms with E-state index >= 15 is 0 Å². The SMILES string of the molecule is C=CCCCCCCC(=O)CC(C)C. The number of unbranched alkanes of at least 4 members (excludes halogenated alkanes) is 4. The number of rotatable bonds is 9. The van der Waals surface area contributed by atoms with Crippen molar-refractivity contribution in [3.63, 3.8) is 0 Å². The Bertz CT molecular complexity index is 159. The number of carbonyl (C=O) groups is 1. The average molecular weight is 196 g/mol. The van der Waals surface area contributed by atoms with Gasteiger partial charge in [-0.25, -0.2) is 0 Å². The summed E-state index contributed by atoms with van der Waals surface area (Å²) in [5, 5.41) is 0. The highest BCUT2D eigenvalue weighted by Crippen LogP contribution is 2.09. The van der Waals surface area contributed by atoms with E-state index in [1.54, 1.807) is 0 Å². The highest BCUT2D eigenvalue weighted by molar-refractivity contribution is 5.78. The van der Waals surface area contributed by atoms with Crippen LogP contribution in [0.3, 0.4) is 0 Å². The van der Waals surface area contributed by atoms with E-state index in [2.05, 4.69) is 20.4 Å². The quantitative estimate of drug-likeness (QED) is 0.400. The van der Waals surface area contributed by atoms with Crippen LogP contribution in [-0.2, 0) is 4.79 Å². The fourth-order valence-corrected chi connectivity index (χ4v) is 1.52. The minimum atomic E-state index is 0.434. The van der Waals surface area contributed by atoms with E-state index in [-0.39, 0.29) is 0 Å². The van der Waals surface area contributed by atoms with E-state index in [1.165, 1.54) is 19.3 Å². The summed E-state index contributed by atoms with van der Waals surface area (Å²) >= 11 is 0. The van der Waals surface area contributed by atoms with Gasteiger partial charge in [-0.2, -0.15) is 0 Å². The Labute approximate surface area is 88.6 Å². The van der Waals surface area contributed by atoms with Gasteiger partial charge in [0.1, 0.15) is 5.78 Å². The van der Waals surface area contributed by atoms with Crippen LogP contribution in [0.5, 0.6) is 0 Å². The summed E-state index contributed by atoms with van der Waals surface area (Å²) in [7, 11) is 0. The van der Waals surface area contributed by atoms with Crippen molar-refractivity contribution in [2.24, 2.45) is 5.92 Å². The van der Waals surface area contributed by atoms with Gasteiger partial charge in [-0.15, -0.1) is 6.58 Å². The van der Waals surface area contributed by atoms with Gasteiger partial charge in [0.25, 0.3) is 0 Å². The topological polar surface area (TPSA) is 17.1 Å². The zero-order valence-electron chi connectivity index (χ0n) is 9.72. The van der Waals surface area contributed by atoms with Crippen molar-refractivity contribution >= 4 is 5.78 Å².